The zero-order chi connectivity index (χ0) is 20.1. The van der Waals surface area contributed by atoms with Crippen LogP contribution in [0.4, 0.5) is 11.4 Å². The molecule has 0 aromatic heterocycles. The van der Waals surface area contributed by atoms with E-state index in [1.54, 1.807) is 55.6 Å². The number of hydrogen-bond acceptors (Lipinski definition) is 4. The van der Waals surface area contributed by atoms with Crippen LogP contribution in [0.5, 0.6) is 5.75 Å². The molecule has 0 unspecified atom stereocenters. The van der Waals surface area contributed by atoms with Crippen molar-refractivity contribution in [3.63, 3.8) is 0 Å². The fourth-order valence-corrected chi connectivity index (χ4v) is 5.35. The van der Waals surface area contributed by atoms with Crippen molar-refractivity contribution >= 4 is 29.1 Å². The summed E-state index contributed by atoms with van der Waals surface area (Å²) >= 11 is 0. The van der Waals surface area contributed by atoms with Crippen LogP contribution in [0.1, 0.15) is 29.6 Å². The van der Waals surface area contributed by atoms with Gasteiger partial charge in [-0.25, -0.2) is 0 Å². The first-order valence-electron chi connectivity index (χ1n) is 10.00. The lowest BCUT2D eigenvalue weighted by molar-refractivity contribution is -0.123. The lowest BCUT2D eigenvalue weighted by Crippen LogP contribution is -2.33. The molecule has 6 nitrogen and oxygen atoms in total. The summed E-state index contributed by atoms with van der Waals surface area (Å²) in [5.41, 5.74) is 1.48. The number of ether oxygens (including phenoxy) is 1. The number of fused-ring (bicyclic) bond motifs is 5. The first kappa shape index (κ1) is 17.9. The lowest BCUT2D eigenvalue weighted by atomic mass is 9.81. The topological polar surface area (TPSA) is 75.7 Å². The summed E-state index contributed by atoms with van der Waals surface area (Å²) in [7, 11) is 1.57. The van der Waals surface area contributed by atoms with E-state index < -0.39 is 0 Å². The van der Waals surface area contributed by atoms with Crippen LogP contribution in [-0.4, -0.2) is 24.8 Å². The van der Waals surface area contributed by atoms with Crippen LogP contribution in [0.15, 0.2) is 48.5 Å². The van der Waals surface area contributed by atoms with E-state index in [2.05, 4.69) is 5.32 Å². The van der Waals surface area contributed by atoms with Gasteiger partial charge in [0.15, 0.2) is 0 Å². The van der Waals surface area contributed by atoms with Gasteiger partial charge >= 0.3 is 0 Å². The number of anilines is 2. The molecule has 2 aliphatic carbocycles. The molecule has 1 heterocycles. The van der Waals surface area contributed by atoms with Gasteiger partial charge in [-0.2, -0.15) is 0 Å². The van der Waals surface area contributed by atoms with Crippen molar-refractivity contribution in [2.45, 2.75) is 19.3 Å². The summed E-state index contributed by atoms with van der Waals surface area (Å²) in [5.74, 6) is 0.476. The van der Waals surface area contributed by atoms with Crippen molar-refractivity contribution in [3.05, 3.63) is 54.1 Å². The second kappa shape index (κ2) is 6.72. The van der Waals surface area contributed by atoms with E-state index in [9.17, 15) is 14.4 Å². The lowest BCUT2D eigenvalue weighted by Gasteiger charge is -2.19. The number of nitrogens with zero attached hydrogens (tertiary/aromatic N) is 1. The first-order chi connectivity index (χ1) is 14.1. The van der Waals surface area contributed by atoms with Crippen molar-refractivity contribution in [2.75, 3.05) is 17.3 Å². The van der Waals surface area contributed by atoms with E-state index in [1.165, 1.54) is 4.90 Å². The van der Waals surface area contributed by atoms with E-state index in [1.807, 2.05) is 0 Å². The van der Waals surface area contributed by atoms with Gasteiger partial charge in [0, 0.05) is 17.3 Å². The van der Waals surface area contributed by atoms with E-state index in [-0.39, 0.29) is 29.6 Å². The van der Waals surface area contributed by atoms with E-state index in [4.69, 9.17) is 4.74 Å². The summed E-state index contributed by atoms with van der Waals surface area (Å²) < 4.78 is 5.18. The maximum Gasteiger partial charge on any atom is 0.255 e. The van der Waals surface area contributed by atoms with Crippen molar-refractivity contribution in [1.29, 1.82) is 0 Å². The van der Waals surface area contributed by atoms with Crippen LogP contribution in [0.25, 0.3) is 0 Å². The number of nitrogens with one attached hydrogen (secondary N) is 1. The fraction of sp³-hybridized carbons (Fsp3) is 0.348. The second-order valence-corrected chi connectivity index (χ2v) is 8.13. The Balaban J connectivity index is 1.39. The summed E-state index contributed by atoms with van der Waals surface area (Å²) in [6.07, 6.45) is 3.09. The largest absolute Gasteiger partial charge is 0.497 e. The smallest absolute Gasteiger partial charge is 0.255 e. The minimum absolute atomic E-state index is 0.0995. The van der Waals surface area contributed by atoms with Crippen LogP contribution in [0, 0.1) is 23.7 Å². The van der Waals surface area contributed by atoms with Crippen LogP contribution < -0.4 is 15.0 Å². The van der Waals surface area contributed by atoms with Gasteiger partial charge in [-0.15, -0.1) is 0 Å². The minimum atomic E-state index is -0.306. The molecule has 148 valence electrons. The summed E-state index contributed by atoms with van der Waals surface area (Å²) in [4.78, 5) is 40.1. The standard InChI is InChI=1S/C23H22N2O4/c1-29-18-7-3-5-16(12-18)24-21(26)15-4-2-6-17(11-15)25-22(27)19-13-8-9-14(10-13)20(19)23(25)28/h2-7,11-14,19-20H,8-10H2,1H3,(H,24,26)/t13-,14-,19-,20+/m0/s1. The second-order valence-electron chi connectivity index (χ2n) is 8.13. The SMILES string of the molecule is COc1cccc(NC(=O)c2cccc(N3C(=O)[C@@H]4[C@H]5CC[C@@H](C5)[C@@H]4C3=O)c2)c1. The molecule has 0 spiro atoms. The minimum Gasteiger partial charge on any atom is -0.497 e. The molecule has 5 rings (SSSR count). The average Bonchev–Trinajstić information content (AvgIpc) is 3.42. The van der Waals surface area contributed by atoms with Crippen molar-refractivity contribution in [3.8, 4) is 5.75 Å². The predicted molar refractivity (Wildman–Crippen MR) is 108 cm³/mol. The Kier molecular flexibility index (Phi) is 4.15. The van der Waals surface area contributed by atoms with Crippen LogP contribution >= 0.6 is 0 Å². The summed E-state index contributed by atoms with van der Waals surface area (Å²) in [6.45, 7) is 0. The predicted octanol–water partition coefficient (Wildman–Crippen LogP) is 3.48. The molecule has 0 radical (unpaired) electrons. The Hall–Kier alpha value is -3.15. The Morgan fingerprint density at radius 2 is 1.69 bits per heavy atom. The molecule has 3 amide bonds. The van der Waals surface area contributed by atoms with Crippen LogP contribution in [0.2, 0.25) is 0 Å². The number of benzene rings is 2. The zero-order valence-electron chi connectivity index (χ0n) is 16.1. The molecular formula is C23H22N2O4. The Morgan fingerprint density at radius 1 is 1.00 bits per heavy atom. The molecule has 2 saturated carbocycles. The third-order valence-corrected chi connectivity index (χ3v) is 6.62. The zero-order valence-corrected chi connectivity index (χ0v) is 16.1. The molecule has 2 aromatic rings. The molecule has 3 aliphatic rings. The number of carbonyl (C=O) groups excluding carboxylic acids is 3. The number of hydrogen-bond donors (Lipinski definition) is 1. The average molecular weight is 390 g/mol. The molecule has 1 N–H and O–H groups in total. The number of imide groups is 1. The summed E-state index contributed by atoms with van der Waals surface area (Å²) in [5, 5.41) is 2.83. The van der Waals surface area contributed by atoms with Crippen molar-refractivity contribution < 1.29 is 19.1 Å². The van der Waals surface area contributed by atoms with Gasteiger partial charge < -0.3 is 10.1 Å². The number of amides is 3. The monoisotopic (exact) mass is 390 g/mol. The molecule has 1 aliphatic heterocycles. The van der Waals surface area contributed by atoms with Gasteiger partial charge in [-0.3, -0.25) is 19.3 Å². The highest BCUT2D eigenvalue weighted by Gasteiger charge is 2.61. The van der Waals surface area contributed by atoms with Gasteiger partial charge in [0.25, 0.3) is 5.91 Å². The Bertz CT molecular complexity index is 989. The highest BCUT2D eigenvalue weighted by molar-refractivity contribution is 6.23. The molecule has 2 bridgehead atoms. The van der Waals surface area contributed by atoms with Crippen molar-refractivity contribution in [2.24, 2.45) is 23.7 Å². The highest BCUT2D eigenvalue weighted by Crippen LogP contribution is 2.56. The van der Waals surface area contributed by atoms with Gasteiger partial charge in [0.2, 0.25) is 11.8 Å². The molecule has 1 saturated heterocycles. The van der Waals surface area contributed by atoms with Gasteiger partial charge in [0.1, 0.15) is 5.75 Å². The molecule has 2 aromatic carbocycles. The maximum absolute atomic E-state index is 13.0. The molecule has 3 fully saturated rings. The van der Waals surface area contributed by atoms with Crippen LogP contribution in [0.3, 0.4) is 0 Å². The maximum atomic E-state index is 13.0. The normalized spacial score (nSPS) is 27.3. The third-order valence-electron chi connectivity index (χ3n) is 6.62. The quantitative estimate of drug-likeness (QED) is 0.811. The molecule has 6 heteroatoms. The summed E-state index contributed by atoms with van der Waals surface area (Å²) in [6, 6.07) is 13.8. The van der Waals surface area contributed by atoms with Gasteiger partial charge in [-0.1, -0.05) is 12.1 Å². The molecular weight excluding hydrogens is 368 g/mol. The van der Waals surface area contributed by atoms with Gasteiger partial charge in [-0.05, 0) is 61.4 Å². The van der Waals surface area contributed by atoms with Crippen molar-refractivity contribution in [1.82, 2.24) is 0 Å². The number of methoxy groups -OCH3 is 1. The fourth-order valence-electron chi connectivity index (χ4n) is 5.35. The Morgan fingerprint density at radius 3 is 2.38 bits per heavy atom. The van der Waals surface area contributed by atoms with E-state index in [0.717, 1.165) is 19.3 Å². The van der Waals surface area contributed by atoms with E-state index >= 15 is 0 Å². The highest BCUT2D eigenvalue weighted by atomic mass is 16.5. The van der Waals surface area contributed by atoms with Crippen LogP contribution in [-0.2, 0) is 9.59 Å². The third kappa shape index (κ3) is 2.82. The Labute approximate surface area is 168 Å². The number of rotatable bonds is 4. The first-order valence-corrected chi connectivity index (χ1v) is 10.00. The molecule has 29 heavy (non-hydrogen) atoms. The van der Waals surface area contributed by atoms with Gasteiger partial charge in [0.05, 0.1) is 24.6 Å². The van der Waals surface area contributed by atoms with E-state index in [0.29, 0.717) is 34.5 Å². The number of carbonyl (C=O) groups is 3. The molecule has 4 atom stereocenters.